The second-order valence-corrected chi connectivity index (χ2v) is 7.11. The molecule has 1 fully saturated rings. The number of thioether (sulfide) groups is 1. The molecule has 1 aliphatic heterocycles. The fourth-order valence-corrected chi connectivity index (χ4v) is 3.06. The summed E-state index contributed by atoms with van der Waals surface area (Å²) in [6.45, 7) is 4.19. The molecule has 1 heterocycles. The van der Waals surface area contributed by atoms with Gasteiger partial charge < -0.3 is 20.4 Å². The third-order valence-corrected chi connectivity index (χ3v) is 4.92. The van der Waals surface area contributed by atoms with Gasteiger partial charge in [-0.15, -0.1) is 0 Å². The van der Waals surface area contributed by atoms with Crippen LogP contribution in [-0.2, 0) is 4.79 Å². The summed E-state index contributed by atoms with van der Waals surface area (Å²) in [6.07, 6.45) is 2.06. The van der Waals surface area contributed by atoms with E-state index < -0.39 is 0 Å². The maximum atomic E-state index is 12.4. The van der Waals surface area contributed by atoms with Crippen molar-refractivity contribution in [2.45, 2.75) is 0 Å². The number of benzene rings is 1. The number of guanidine groups is 1. The van der Waals surface area contributed by atoms with Crippen LogP contribution >= 0.6 is 23.4 Å². The van der Waals surface area contributed by atoms with Gasteiger partial charge in [0.25, 0.3) is 0 Å². The lowest BCUT2D eigenvalue weighted by Gasteiger charge is -2.36. The molecule has 1 aromatic rings. The summed E-state index contributed by atoms with van der Waals surface area (Å²) in [4.78, 5) is 20.7. The normalized spacial score (nSPS) is 15.2. The van der Waals surface area contributed by atoms with E-state index in [1.54, 1.807) is 18.8 Å². The fourth-order valence-electron chi connectivity index (χ4n) is 2.63. The maximum Gasteiger partial charge on any atom is 0.242 e. The molecule has 6 nitrogen and oxygen atoms in total. The zero-order chi connectivity index (χ0) is 18.1. The van der Waals surface area contributed by atoms with Crippen molar-refractivity contribution in [1.82, 2.24) is 15.5 Å². The van der Waals surface area contributed by atoms with Gasteiger partial charge in [-0.25, -0.2) is 0 Å². The molecule has 0 aliphatic carbocycles. The molecule has 2 rings (SSSR count). The number of anilines is 1. The molecule has 8 heteroatoms. The third-order valence-electron chi connectivity index (χ3n) is 4.05. The molecule has 0 saturated carbocycles. The topological polar surface area (TPSA) is 60.0 Å². The first-order chi connectivity index (χ1) is 12.1. The first-order valence-corrected chi connectivity index (χ1v) is 10.1. The highest BCUT2D eigenvalue weighted by molar-refractivity contribution is 7.98. The van der Waals surface area contributed by atoms with Gasteiger partial charge in [0.2, 0.25) is 5.91 Å². The first-order valence-electron chi connectivity index (χ1n) is 8.36. The van der Waals surface area contributed by atoms with E-state index in [2.05, 4.69) is 26.8 Å². The van der Waals surface area contributed by atoms with E-state index in [1.807, 2.05) is 29.2 Å². The van der Waals surface area contributed by atoms with Gasteiger partial charge >= 0.3 is 0 Å². The van der Waals surface area contributed by atoms with Crippen molar-refractivity contribution in [2.24, 2.45) is 4.99 Å². The maximum absolute atomic E-state index is 12.4. The molecule has 1 saturated heterocycles. The summed E-state index contributed by atoms with van der Waals surface area (Å²) < 4.78 is 0. The second-order valence-electron chi connectivity index (χ2n) is 5.69. The molecular weight excluding hydrogens is 358 g/mol. The lowest BCUT2D eigenvalue weighted by molar-refractivity contribution is -0.130. The highest BCUT2D eigenvalue weighted by atomic mass is 35.5. The quantitative estimate of drug-likeness (QED) is 0.443. The standard InChI is InChI=1S/C17H26ClN5OS/c1-19-17(20-7-12-25-2)21-13-16(24)23-10-8-22(9-11-23)15-5-3-14(18)4-6-15/h3-6H,7-13H2,1-2H3,(H2,19,20,21). The van der Waals surface area contributed by atoms with E-state index in [0.717, 1.165) is 49.2 Å². The Morgan fingerprint density at radius 3 is 2.48 bits per heavy atom. The smallest absolute Gasteiger partial charge is 0.242 e. The summed E-state index contributed by atoms with van der Waals surface area (Å²) in [7, 11) is 1.71. The summed E-state index contributed by atoms with van der Waals surface area (Å²) >= 11 is 7.70. The highest BCUT2D eigenvalue weighted by Crippen LogP contribution is 2.19. The summed E-state index contributed by atoms with van der Waals surface area (Å²) in [5.74, 6) is 1.77. The van der Waals surface area contributed by atoms with Crippen LogP contribution in [0.1, 0.15) is 0 Å². The zero-order valence-electron chi connectivity index (χ0n) is 14.8. The largest absolute Gasteiger partial charge is 0.368 e. The highest BCUT2D eigenvalue weighted by Gasteiger charge is 2.21. The predicted octanol–water partition coefficient (Wildman–Crippen LogP) is 1.52. The number of halogens is 1. The molecular formula is C17H26ClN5OS. The molecule has 1 aliphatic rings. The Morgan fingerprint density at radius 1 is 1.20 bits per heavy atom. The Balaban J connectivity index is 1.74. The van der Waals surface area contributed by atoms with Gasteiger partial charge in [-0.05, 0) is 30.5 Å². The molecule has 0 spiro atoms. The van der Waals surface area contributed by atoms with Crippen molar-refractivity contribution in [2.75, 3.05) is 63.2 Å². The number of carbonyl (C=O) groups is 1. The third kappa shape index (κ3) is 6.32. The monoisotopic (exact) mass is 383 g/mol. The molecule has 0 bridgehead atoms. The van der Waals surface area contributed by atoms with Crippen LogP contribution in [-0.4, -0.2) is 75.1 Å². The van der Waals surface area contributed by atoms with Crippen LogP contribution < -0.4 is 15.5 Å². The van der Waals surface area contributed by atoms with Crippen molar-refractivity contribution in [3.63, 3.8) is 0 Å². The Labute approximate surface area is 159 Å². The van der Waals surface area contributed by atoms with Crippen molar-refractivity contribution >= 4 is 40.9 Å². The number of hydrogen-bond acceptors (Lipinski definition) is 4. The predicted molar refractivity (Wildman–Crippen MR) is 108 cm³/mol. The fraction of sp³-hybridized carbons (Fsp3) is 0.529. The Bertz CT molecular complexity index is 573. The minimum absolute atomic E-state index is 0.101. The minimum atomic E-state index is 0.101. The van der Waals surface area contributed by atoms with E-state index in [9.17, 15) is 4.79 Å². The number of rotatable bonds is 6. The molecule has 1 amide bonds. The summed E-state index contributed by atoms with van der Waals surface area (Å²) in [5.41, 5.74) is 1.15. The second kappa shape index (κ2) is 10.4. The van der Waals surface area contributed by atoms with Crippen LogP contribution in [0, 0.1) is 0 Å². The zero-order valence-corrected chi connectivity index (χ0v) is 16.4. The number of carbonyl (C=O) groups excluding carboxylic acids is 1. The summed E-state index contributed by atoms with van der Waals surface area (Å²) in [6, 6.07) is 7.83. The van der Waals surface area contributed by atoms with E-state index in [0.29, 0.717) is 5.96 Å². The molecule has 25 heavy (non-hydrogen) atoms. The number of amides is 1. The van der Waals surface area contributed by atoms with Crippen LogP contribution in [0.4, 0.5) is 5.69 Å². The van der Waals surface area contributed by atoms with Crippen LogP contribution in [0.25, 0.3) is 0 Å². The van der Waals surface area contributed by atoms with Gasteiger partial charge in [0, 0.05) is 56.2 Å². The molecule has 138 valence electrons. The van der Waals surface area contributed by atoms with Crippen molar-refractivity contribution in [3.8, 4) is 0 Å². The average Bonchev–Trinajstić information content (AvgIpc) is 2.65. The molecule has 2 N–H and O–H groups in total. The lowest BCUT2D eigenvalue weighted by atomic mass is 10.2. The minimum Gasteiger partial charge on any atom is -0.368 e. The number of nitrogens with one attached hydrogen (secondary N) is 2. The number of hydrogen-bond donors (Lipinski definition) is 2. The summed E-state index contributed by atoms with van der Waals surface area (Å²) in [5, 5.41) is 7.01. The Kier molecular flexibility index (Phi) is 8.21. The van der Waals surface area contributed by atoms with Gasteiger partial charge in [0.15, 0.2) is 5.96 Å². The molecule has 0 aromatic heterocycles. The molecule has 1 aromatic carbocycles. The van der Waals surface area contributed by atoms with Crippen molar-refractivity contribution < 1.29 is 4.79 Å². The SMILES string of the molecule is CN=C(NCCSC)NCC(=O)N1CCN(c2ccc(Cl)cc2)CC1. The molecule has 0 radical (unpaired) electrons. The molecule has 0 unspecified atom stereocenters. The van der Waals surface area contributed by atoms with Gasteiger partial charge in [-0.1, -0.05) is 11.6 Å². The van der Waals surface area contributed by atoms with Crippen LogP contribution in [0.15, 0.2) is 29.3 Å². The Morgan fingerprint density at radius 2 is 1.88 bits per heavy atom. The van der Waals surface area contributed by atoms with E-state index in [-0.39, 0.29) is 12.5 Å². The van der Waals surface area contributed by atoms with Gasteiger partial charge in [0.1, 0.15) is 0 Å². The Hall–Kier alpha value is -1.60. The number of nitrogens with zero attached hydrogens (tertiary/aromatic N) is 3. The van der Waals surface area contributed by atoms with Gasteiger partial charge in [-0.3, -0.25) is 9.79 Å². The van der Waals surface area contributed by atoms with E-state index >= 15 is 0 Å². The van der Waals surface area contributed by atoms with Crippen LogP contribution in [0.3, 0.4) is 0 Å². The molecule has 0 atom stereocenters. The number of piperazine rings is 1. The van der Waals surface area contributed by atoms with Crippen LogP contribution in [0.5, 0.6) is 0 Å². The average molecular weight is 384 g/mol. The first kappa shape index (κ1) is 19.7. The van der Waals surface area contributed by atoms with Crippen molar-refractivity contribution in [1.29, 1.82) is 0 Å². The van der Waals surface area contributed by atoms with Gasteiger partial charge in [0.05, 0.1) is 6.54 Å². The van der Waals surface area contributed by atoms with E-state index in [4.69, 9.17) is 11.6 Å². The lowest BCUT2D eigenvalue weighted by Crippen LogP contribution is -2.52. The van der Waals surface area contributed by atoms with Crippen LogP contribution in [0.2, 0.25) is 5.02 Å². The van der Waals surface area contributed by atoms with E-state index in [1.165, 1.54) is 0 Å². The van der Waals surface area contributed by atoms with Gasteiger partial charge in [-0.2, -0.15) is 11.8 Å². The number of aliphatic imine (C=N–C) groups is 1. The van der Waals surface area contributed by atoms with Crippen molar-refractivity contribution in [3.05, 3.63) is 29.3 Å².